The van der Waals surface area contributed by atoms with Crippen LogP contribution in [0.1, 0.15) is 49.4 Å². The van der Waals surface area contributed by atoms with Gasteiger partial charge in [0.25, 0.3) is 0 Å². The summed E-state index contributed by atoms with van der Waals surface area (Å²) in [5.41, 5.74) is 2.75. The monoisotopic (exact) mass is 285 g/mol. The highest BCUT2D eigenvalue weighted by atomic mass is 19.1. The molecule has 1 fully saturated rings. The Balaban J connectivity index is 1.59. The molecule has 0 unspecified atom stereocenters. The van der Waals surface area contributed by atoms with Gasteiger partial charge in [-0.05, 0) is 31.0 Å². The second kappa shape index (κ2) is 6.66. The zero-order valence-electron chi connectivity index (χ0n) is 12.1. The lowest BCUT2D eigenvalue weighted by Gasteiger charge is -2.20. The lowest BCUT2D eigenvalue weighted by atomic mass is 9.87. The van der Waals surface area contributed by atoms with E-state index >= 15 is 0 Å². The third-order valence-corrected chi connectivity index (χ3v) is 4.05. The summed E-state index contributed by atoms with van der Waals surface area (Å²) >= 11 is 0. The third-order valence-electron chi connectivity index (χ3n) is 4.05. The van der Waals surface area contributed by atoms with Crippen LogP contribution in [0.25, 0.3) is 0 Å². The average molecular weight is 285 g/mol. The Morgan fingerprint density at radius 3 is 2.67 bits per heavy atom. The quantitative estimate of drug-likeness (QED) is 0.911. The summed E-state index contributed by atoms with van der Waals surface area (Å²) in [7, 11) is 0. The maximum Gasteiger partial charge on any atom is 0.125 e. The molecule has 0 amide bonds. The van der Waals surface area contributed by atoms with Gasteiger partial charge < -0.3 is 5.32 Å². The van der Waals surface area contributed by atoms with Gasteiger partial charge >= 0.3 is 0 Å². The lowest BCUT2D eigenvalue weighted by Crippen LogP contribution is -2.09. The minimum absolute atomic E-state index is 0.237. The number of hydrogen-bond acceptors (Lipinski definition) is 3. The molecule has 0 atom stereocenters. The van der Waals surface area contributed by atoms with Crippen molar-refractivity contribution >= 4 is 5.69 Å². The van der Waals surface area contributed by atoms with Crippen LogP contribution in [0.2, 0.25) is 0 Å². The van der Waals surface area contributed by atoms with E-state index in [0.717, 1.165) is 17.1 Å². The number of rotatable bonds is 4. The summed E-state index contributed by atoms with van der Waals surface area (Å²) in [5.74, 6) is 0.343. The van der Waals surface area contributed by atoms with Crippen LogP contribution >= 0.6 is 0 Å². The van der Waals surface area contributed by atoms with Crippen molar-refractivity contribution in [2.24, 2.45) is 0 Å². The van der Waals surface area contributed by atoms with Crippen molar-refractivity contribution in [2.45, 2.75) is 44.6 Å². The fourth-order valence-corrected chi connectivity index (χ4v) is 2.86. The van der Waals surface area contributed by atoms with E-state index < -0.39 is 0 Å². The molecule has 21 heavy (non-hydrogen) atoms. The highest BCUT2D eigenvalue weighted by molar-refractivity contribution is 5.43. The number of nitrogens with zero attached hydrogens (tertiary/aromatic N) is 2. The summed E-state index contributed by atoms with van der Waals surface area (Å²) in [4.78, 5) is 9.03. The molecule has 0 radical (unpaired) electrons. The lowest BCUT2D eigenvalue weighted by molar-refractivity contribution is 0.435. The van der Waals surface area contributed by atoms with Crippen molar-refractivity contribution in [1.29, 1.82) is 0 Å². The van der Waals surface area contributed by atoms with Gasteiger partial charge in [0.05, 0.1) is 24.1 Å². The van der Waals surface area contributed by atoms with Crippen LogP contribution in [0.3, 0.4) is 0 Å². The van der Waals surface area contributed by atoms with E-state index in [0.29, 0.717) is 12.5 Å². The second-order valence-corrected chi connectivity index (χ2v) is 5.63. The first kappa shape index (κ1) is 14.0. The second-order valence-electron chi connectivity index (χ2n) is 5.63. The molecule has 0 saturated heterocycles. The molecule has 0 spiro atoms. The van der Waals surface area contributed by atoms with Crippen molar-refractivity contribution in [3.8, 4) is 0 Å². The van der Waals surface area contributed by atoms with E-state index in [-0.39, 0.29) is 5.82 Å². The molecule has 1 aliphatic carbocycles. The zero-order valence-corrected chi connectivity index (χ0v) is 12.1. The molecule has 0 bridgehead atoms. The molecular formula is C17H20FN3. The van der Waals surface area contributed by atoms with Crippen LogP contribution < -0.4 is 5.32 Å². The molecule has 1 N–H and O–H groups in total. The average Bonchev–Trinajstić information content (AvgIpc) is 2.54. The Bertz CT molecular complexity index is 577. The molecule has 4 heteroatoms. The van der Waals surface area contributed by atoms with Gasteiger partial charge in [0.2, 0.25) is 0 Å². The summed E-state index contributed by atoms with van der Waals surface area (Å²) in [6.07, 6.45) is 10.1. The molecule has 3 rings (SSSR count). The standard InChI is InChI=1S/C17H20FN3/c18-14-7-4-8-15(9-14)19-10-16-11-21-17(12-20-16)13-5-2-1-3-6-13/h4,7-9,11-13,19H,1-3,5-6,10H2. The summed E-state index contributed by atoms with van der Waals surface area (Å²) in [5, 5.41) is 3.16. The summed E-state index contributed by atoms with van der Waals surface area (Å²) in [6.45, 7) is 0.557. The topological polar surface area (TPSA) is 37.8 Å². The number of nitrogens with one attached hydrogen (secondary N) is 1. The Hall–Kier alpha value is -1.97. The molecule has 0 aliphatic heterocycles. The van der Waals surface area contributed by atoms with Crippen molar-refractivity contribution in [2.75, 3.05) is 5.32 Å². The minimum Gasteiger partial charge on any atom is -0.379 e. The number of benzene rings is 1. The summed E-state index contributed by atoms with van der Waals surface area (Å²) in [6, 6.07) is 6.44. The largest absolute Gasteiger partial charge is 0.379 e. The van der Waals surface area contributed by atoms with Gasteiger partial charge in [-0.2, -0.15) is 0 Å². The van der Waals surface area contributed by atoms with Gasteiger partial charge in [0.15, 0.2) is 0 Å². The maximum atomic E-state index is 13.1. The Labute approximate surface area is 124 Å². The molecule has 1 heterocycles. The fraction of sp³-hybridized carbons (Fsp3) is 0.412. The van der Waals surface area contributed by atoms with Gasteiger partial charge in [0, 0.05) is 17.8 Å². The smallest absolute Gasteiger partial charge is 0.125 e. The Morgan fingerprint density at radius 2 is 1.95 bits per heavy atom. The van der Waals surface area contributed by atoms with E-state index in [1.54, 1.807) is 6.07 Å². The van der Waals surface area contributed by atoms with Gasteiger partial charge in [-0.1, -0.05) is 25.3 Å². The van der Waals surface area contributed by atoms with Crippen LogP contribution in [0.4, 0.5) is 10.1 Å². The van der Waals surface area contributed by atoms with Crippen LogP contribution in [0.5, 0.6) is 0 Å². The van der Waals surface area contributed by atoms with Crippen molar-refractivity contribution in [1.82, 2.24) is 9.97 Å². The number of anilines is 1. The van der Waals surface area contributed by atoms with Gasteiger partial charge in [-0.15, -0.1) is 0 Å². The fourth-order valence-electron chi connectivity index (χ4n) is 2.86. The zero-order chi connectivity index (χ0) is 14.5. The van der Waals surface area contributed by atoms with Gasteiger partial charge in [0.1, 0.15) is 5.82 Å². The van der Waals surface area contributed by atoms with Gasteiger partial charge in [-0.3, -0.25) is 9.97 Å². The Kier molecular flexibility index (Phi) is 4.43. The van der Waals surface area contributed by atoms with E-state index in [9.17, 15) is 4.39 Å². The van der Waals surface area contributed by atoms with Gasteiger partial charge in [-0.25, -0.2) is 4.39 Å². The number of aromatic nitrogens is 2. The van der Waals surface area contributed by atoms with E-state index in [2.05, 4.69) is 15.3 Å². The first-order chi connectivity index (χ1) is 10.3. The molecule has 1 aromatic carbocycles. The summed E-state index contributed by atoms with van der Waals surface area (Å²) < 4.78 is 13.1. The first-order valence-corrected chi connectivity index (χ1v) is 7.61. The van der Waals surface area contributed by atoms with Crippen LogP contribution in [-0.2, 0) is 6.54 Å². The SMILES string of the molecule is Fc1cccc(NCc2cnc(C3CCCCC3)cn2)c1. The normalized spacial score (nSPS) is 15.9. The minimum atomic E-state index is -0.237. The highest BCUT2D eigenvalue weighted by Gasteiger charge is 2.16. The third kappa shape index (κ3) is 3.78. The predicted octanol–water partition coefficient (Wildman–Crippen LogP) is 4.28. The Morgan fingerprint density at radius 1 is 1.10 bits per heavy atom. The molecule has 3 nitrogen and oxygen atoms in total. The van der Waals surface area contributed by atoms with Crippen molar-refractivity contribution in [3.05, 3.63) is 53.9 Å². The molecule has 1 aromatic heterocycles. The predicted molar refractivity (Wildman–Crippen MR) is 81.6 cm³/mol. The van der Waals surface area contributed by atoms with Crippen LogP contribution in [-0.4, -0.2) is 9.97 Å². The number of hydrogen-bond donors (Lipinski definition) is 1. The molecule has 110 valence electrons. The molecule has 2 aromatic rings. The molecule has 1 aliphatic rings. The van der Waals surface area contributed by atoms with E-state index in [1.165, 1.54) is 44.2 Å². The molecular weight excluding hydrogens is 265 g/mol. The number of halogens is 1. The van der Waals surface area contributed by atoms with E-state index in [1.807, 2.05) is 18.5 Å². The van der Waals surface area contributed by atoms with Crippen LogP contribution in [0, 0.1) is 5.82 Å². The van der Waals surface area contributed by atoms with Crippen LogP contribution in [0.15, 0.2) is 36.7 Å². The maximum absolute atomic E-state index is 13.1. The highest BCUT2D eigenvalue weighted by Crippen LogP contribution is 2.30. The first-order valence-electron chi connectivity index (χ1n) is 7.61. The van der Waals surface area contributed by atoms with Crippen molar-refractivity contribution < 1.29 is 4.39 Å². The van der Waals surface area contributed by atoms with E-state index in [4.69, 9.17) is 0 Å². The molecule has 1 saturated carbocycles. The van der Waals surface area contributed by atoms with Crippen molar-refractivity contribution in [3.63, 3.8) is 0 Å².